The van der Waals surface area contributed by atoms with Gasteiger partial charge >= 0.3 is 0 Å². The molecule has 0 heterocycles. The molecule has 0 N–H and O–H groups in total. The number of alkyl halides is 1. The molecule has 0 spiro atoms. The van der Waals surface area contributed by atoms with Gasteiger partial charge in [0.2, 0.25) is 0 Å². The molecule has 0 amide bonds. The second-order valence-corrected chi connectivity index (χ2v) is 2.78. The summed E-state index contributed by atoms with van der Waals surface area (Å²) in [6.07, 6.45) is 2.30. The van der Waals surface area contributed by atoms with Crippen LogP contribution < -0.4 is 0 Å². The van der Waals surface area contributed by atoms with Crippen molar-refractivity contribution >= 4 is 17.3 Å². The van der Waals surface area contributed by atoms with Crippen LogP contribution in [0.1, 0.15) is 19.8 Å². The Hall–Kier alpha value is -0.0400. The van der Waals surface area contributed by atoms with Gasteiger partial charge in [-0.05, 0) is 25.7 Å². The number of rotatable bonds is 2. The van der Waals surface area contributed by atoms with Crippen LogP contribution in [-0.4, -0.2) is 18.1 Å². The zero-order chi connectivity index (χ0) is 6.69. The van der Waals surface area contributed by atoms with E-state index in [0.717, 1.165) is 31.2 Å². The molecule has 1 fully saturated rings. The van der Waals surface area contributed by atoms with Gasteiger partial charge in [0.15, 0.2) is 0 Å². The van der Waals surface area contributed by atoms with Gasteiger partial charge in [-0.25, -0.2) is 0 Å². The summed E-state index contributed by atoms with van der Waals surface area (Å²) in [5.41, 5.74) is 1.36. The maximum Gasteiger partial charge on any atom is 0.0360 e. The monoisotopic (exact) mass is 145 g/mol. The van der Waals surface area contributed by atoms with Crippen LogP contribution in [-0.2, 0) is 0 Å². The van der Waals surface area contributed by atoms with Gasteiger partial charge in [0.05, 0.1) is 0 Å². The van der Waals surface area contributed by atoms with Crippen LogP contribution in [0.15, 0.2) is 4.99 Å². The standard InChI is InChI=1S/C7H12ClN/c1-2-9-7-3-6(4-7)5-8/h6H,2-5H2,1H3. The fourth-order valence-electron chi connectivity index (χ4n) is 1.07. The highest BCUT2D eigenvalue weighted by Crippen LogP contribution is 2.24. The number of nitrogens with zero attached hydrogens (tertiary/aromatic N) is 1. The van der Waals surface area contributed by atoms with Crippen molar-refractivity contribution in [3.05, 3.63) is 0 Å². The molecule has 0 radical (unpaired) electrons. The summed E-state index contributed by atoms with van der Waals surface area (Å²) in [4.78, 5) is 4.29. The minimum absolute atomic E-state index is 0.733. The number of aliphatic imine (C=N–C) groups is 1. The zero-order valence-corrected chi connectivity index (χ0v) is 6.49. The first-order chi connectivity index (χ1) is 4.36. The van der Waals surface area contributed by atoms with Gasteiger partial charge in [-0.3, -0.25) is 4.99 Å². The zero-order valence-electron chi connectivity index (χ0n) is 5.73. The first-order valence-electron chi connectivity index (χ1n) is 3.45. The summed E-state index contributed by atoms with van der Waals surface area (Å²) >= 11 is 5.61. The highest BCUT2D eigenvalue weighted by Gasteiger charge is 2.22. The fourth-order valence-corrected chi connectivity index (χ4v) is 1.29. The lowest BCUT2D eigenvalue weighted by Gasteiger charge is -2.25. The third kappa shape index (κ3) is 1.68. The summed E-state index contributed by atoms with van der Waals surface area (Å²) in [5.74, 6) is 1.54. The molecular formula is C7H12ClN. The summed E-state index contributed by atoms with van der Waals surface area (Å²) in [6.45, 7) is 3.01. The lowest BCUT2D eigenvalue weighted by molar-refractivity contribution is 0.559. The van der Waals surface area contributed by atoms with Gasteiger partial charge < -0.3 is 0 Å². The Balaban J connectivity index is 2.18. The van der Waals surface area contributed by atoms with Gasteiger partial charge in [0, 0.05) is 18.1 Å². The minimum atomic E-state index is 0.733. The average Bonchev–Trinajstić information content (AvgIpc) is 1.77. The van der Waals surface area contributed by atoms with E-state index in [2.05, 4.69) is 11.9 Å². The Morgan fingerprint density at radius 3 is 2.78 bits per heavy atom. The predicted molar refractivity (Wildman–Crippen MR) is 41.4 cm³/mol. The molecule has 0 aromatic carbocycles. The molecule has 2 heteroatoms. The van der Waals surface area contributed by atoms with Crippen molar-refractivity contribution in [1.82, 2.24) is 0 Å². The lowest BCUT2D eigenvalue weighted by Crippen LogP contribution is -2.24. The molecule has 9 heavy (non-hydrogen) atoms. The van der Waals surface area contributed by atoms with Gasteiger partial charge in [-0.1, -0.05) is 0 Å². The van der Waals surface area contributed by atoms with Crippen molar-refractivity contribution < 1.29 is 0 Å². The van der Waals surface area contributed by atoms with E-state index in [0.29, 0.717) is 0 Å². The van der Waals surface area contributed by atoms with E-state index >= 15 is 0 Å². The maximum atomic E-state index is 5.61. The van der Waals surface area contributed by atoms with E-state index in [4.69, 9.17) is 11.6 Å². The summed E-state index contributed by atoms with van der Waals surface area (Å²) in [5, 5.41) is 0. The van der Waals surface area contributed by atoms with E-state index < -0.39 is 0 Å². The molecule has 1 aliphatic carbocycles. The summed E-state index contributed by atoms with van der Waals surface area (Å²) in [7, 11) is 0. The molecule has 0 aromatic heterocycles. The molecule has 1 saturated carbocycles. The smallest absolute Gasteiger partial charge is 0.0360 e. The van der Waals surface area contributed by atoms with E-state index in [9.17, 15) is 0 Å². The fraction of sp³-hybridized carbons (Fsp3) is 0.857. The second-order valence-electron chi connectivity index (χ2n) is 2.47. The Kier molecular flexibility index (Phi) is 2.52. The summed E-state index contributed by atoms with van der Waals surface area (Å²) in [6, 6.07) is 0. The Morgan fingerprint density at radius 1 is 1.67 bits per heavy atom. The van der Waals surface area contributed by atoms with Gasteiger partial charge in [-0.15, -0.1) is 11.6 Å². The van der Waals surface area contributed by atoms with Gasteiger partial charge in [-0.2, -0.15) is 0 Å². The van der Waals surface area contributed by atoms with Crippen LogP contribution in [0.25, 0.3) is 0 Å². The van der Waals surface area contributed by atoms with E-state index in [1.54, 1.807) is 0 Å². The van der Waals surface area contributed by atoms with E-state index in [-0.39, 0.29) is 0 Å². The SMILES string of the molecule is CCN=C1CC(CCl)C1. The Morgan fingerprint density at radius 2 is 2.33 bits per heavy atom. The van der Waals surface area contributed by atoms with Crippen molar-refractivity contribution in [2.24, 2.45) is 10.9 Å². The molecule has 0 atom stereocenters. The molecule has 0 aliphatic heterocycles. The molecular weight excluding hydrogens is 134 g/mol. The van der Waals surface area contributed by atoms with Crippen molar-refractivity contribution in [2.75, 3.05) is 12.4 Å². The van der Waals surface area contributed by atoms with E-state index in [1.165, 1.54) is 5.71 Å². The van der Waals surface area contributed by atoms with Crippen molar-refractivity contribution in [1.29, 1.82) is 0 Å². The Labute approximate surface area is 61.1 Å². The number of hydrogen-bond donors (Lipinski definition) is 0. The van der Waals surface area contributed by atoms with Gasteiger partial charge in [0.1, 0.15) is 0 Å². The third-order valence-corrected chi connectivity index (χ3v) is 2.08. The topological polar surface area (TPSA) is 12.4 Å². The molecule has 1 aliphatic rings. The van der Waals surface area contributed by atoms with Gasteiger partial charge in [0.25, 0.3) is 0 Å². The molecule has 1 nitrogen and oxygen atoms in total. The van der Waals surface area contributed by atoms with Crippen LogP contribution in [0.5, 0.6) is 0 Å². The molecule has 0 unspecified atom stereocenters. The van der Waals surface area contributed by atoms with Crippen molar-refractivity contribution in [2.45, 2.75) is 19.8 Å². The van der Waals surface area contributed by atoms with Crippen LogP contribution in [0.2, 0.25) is 0 Å². The maximum absolute atomic E-state index is 5.61. The van der Waals surface area contributed by atoms with Crippen LogP contribution in [0.3, 0.4) is 0 Å². The van der Waals surface area contributed by atoms with Crippen LogP contribution in [0.4, 0.5) is 0 Å². The second kappa shape index (κ2) is 3.21. The molecule has 0 aromatic rings. The lowest BCUT2D eigenvalue weighted by atomic mass is 9.85. The largest absolute Gasteiger partial charge is 0.294 e. The molecule has 0 saturated heterocycles. The Bertz CT molecular complexity index is 112. The predicted octanol–water partition coefficient (Wildman–Crippen LogP) is 2.10. The highest BCUT2D eigenvalue weighted by atomic mass is 35.5. The average molecular weight is 146 g/mol. The first kappa shape index (κ1) is 7.07. The molecule has 0 bridgehead atoms. The van der Waals surface area contributed by atoms with Crippen LogP contribution in [0, 0.1) is 5.92 Å². The third-order valence-electron chi connectivity index (χ3n) is 1.65. The van der Waals surface area contributed by atoms with E-state index in [1.807, 2.05) is 0 Å². The minimum Gasteiger partial charge on any atom is -0.294 e. The number of hydrogen-bond acceptors (Lipinski definition) is 1. The first-order valence-corrected chi connectivity index (χ1v) is 3.98. The highest BCUT2D eigenvalue weighted by molar-refractivity contribution is 6.18. The van der Waals surface area contributed by atoms with Crippen molar-refractivity contribution in [3.63, 3.8) is 0 Å². The molecule has 52 valence electrons. The van der Waals surface area contributed by atoms with Crippen molar-refractivity contribution in [3.8, 4) is 0 Å². The summed E-state index contributed by atoms with van der Waals surface area (Å²) < 4.78 is 0. The number of halogens is 1. The molecule has 1 rings (SSSR count). The quantitative estimate of drug-likeness (QED) is 0.528. The normalized spacial score (nSPS) is 25.6. The van der Waals surface area contributed by atoms with Crippen LogP contribution >= 0.6 is 11.6 Å².